The summed E-state index contributed by atoms with van der Waals surface area (Å²) >= 11 is 5.58. The van der Waals surface area contributed by atoms with Crippen LogP contribution < -0.4 is 4.90 Å². The fourth-order valence-corrected chi connectivity index (χ4v) is 1.31. The van der Waals surface area contributed by atoms with E-state index < -0.39 is 0 Å². The Kier molecular flexibility index (Phi) is 5.42. The normalized spacial score (nSPS) is 10.6. The van der Waals surface area contributed by atoms with Crippen molar-refractivity contribution in [2.24, 2.45) is 0 Å². The van der Waals surface area contributed by atoms with E-state index in [1.807, 2.05) is 11.8 Å². The van der Waals surface area contributed by atoms with E-state index in [9.17, 15) is 0 Å². The van der Waals surface area contributed by atoms with Crippen molar-refractivity contribution < 1.29 is 9.15 Å². The molecule has 1 aromatic rings. The fraction of sp³-hybridized carbons (Fsp3) is 0.778. The average molecular weight is 234 g/mol. The van der Waals surface area contributed by atoms with Gasteiger partial charge < -0.3 is 14.1 Å². The van der Waals surface area contributed by atoms with Gasteiger partial charge in [-0.15, -0.1) is 16.7 Å². The second kappa shape index (κ2) is 6.63. The topological polar surface area (TPSA) is 51.4 Å². The van der Waals surface area contributed by atoms with E-state index >= 15 is 0 Å². The molecule has 0 unspecified atom stereocenters. The van der Waals surface area contributed by atoms with Gasteiger partial charge in [-0.1, -0.05) is 5.10 Å². The average Bonchev–Trinajstić information content (AvgIpc) is 2.68. The van der Waals surface area contributed by atoms with Crippen LogP contribution >= 0.6 is 11.6 Å². The second-order valence-corrected chi connectivity index (χ2v) is 3.37. The molecule has 15 heavy (non-hydrogen) atoms. The second-order valence-electron chi connectivity index (χ2n) is 2.99. The summed E-state index contributed by atoms with van der Waals surface area (Å²) in [5.41, 5.74) is 0. The highest BCUT2D eigenvalue weighted by molar-refractivity contribution is 6.17. The van der Waals surface area contributed by atoms with Crippen LogP contribution in [-0.2, 0) is 11.2 Å². The Morgan fingerprint density at radius 2 is 2.27 bits per heavy atom. The van der Waals surface area contributed by atoms with Crippen LogP contribution in [0.2, 0.25) is 0 Å². The van der Waals surface area contributed by atoms with Crippen molar-refractivity contribution in [2.75, 3.05) is 37.6 Å². The van der Waals surface area contributed by atoms with Gasteiger partial charge in [-0.25, -0.2) is 0 Å². The first-order valence-electron chi connectivity index (χ1n) is 4.94. The summed E-state index contributed by atoms with van der Waals surface area (Å²) in [5.74, 6) is 1.07. The summed E-state index contributed by atoms with van der Waals surface area (Å²) < 4.78 is 10.4. The predicted molar refractivity (Wildman–Crippen MR) is 58.5 cm³/mol. The van der Waals surface area contributed by atoms with Gasteiger partial charge in [-0.05, 0) is 6.92 Å². The van der Waals surface area contributed by atoms with Crippen LogP contribution in [-0.4, -0.2) is 42.9 Å². The van der Waals surface area contributed by atoms with Crippen LogP contribution in [0.5, 0.6) is 0 Å². The minimum atomic E-state index is 0.492. The Bertz CT molecular complexity index is 280. The van der Waals surface area contributed by atoms with Crippen molar-refractivity contribution in [3.8, 4) is 0 Å². The molecule has 0 fully saturated rings. The van der Waals surface area contributed by atoms with Gasteiger partial charge in [-0.3, -0.25) is 0 Å². The number of ether oxygens (including phenoxy) is 1. The maximum absolute atomic E-state index is 5.58. The molecule has 0 saturated carbocycles. The number of likely N-dealkylation sites (N-methyl/N-ethyl adjacent to an activating group) is 1. The van der Waals surface area contributed by atoms with Crippen molar-refractivity contribution in [3.63, 3.8) is 0 Å². The lowest BCUT2D eigenvalue weighted by atomic mass is 10.5. The number of alkyl halides is 1. The van der Waals surface area contributed by atoms with E-state index in [0.29, 0.717) is 30.8 Å². The molecule has 0 spiro atoms. The summed E-state index contributed by atoms with van der Waals surface area (Å²) in [6.45, 7) is 4.23. The standard InChI is InChI=1S/C9H16ClN3O2/c1-3-13(6-7-14-2)9-12-11-8(15-9)4-5-10/h3-7H2,1-2H3. The third kappa shape index (κ3) is 3.68. The van der Waals surface area contributed by atoms with Gasteiger partial charge in [0.25, 0.3) is 0 Å². The van der Waals surface area contributed by atoms with Gasteiger partial charge in [0, 0.05) is 32.5 Å². The molecule has 5 nitrogen and oxygen atoms in total. The maximum atomic E-state index is 5.58. The molecule has 0 aliphatic rings. The Morgan fingerprint density at radius 1 is 1.47 bits per heavy atom. The summed E-state index contributed by atoms with van der Waals surface area (Å²) in [5, 5.41) is 7.85. The Balaban J connectivity index is 2.57. The van der Waals surface area contributed by atoms with Gasteiger partial charge in [0.15, 0.2) is 0 Å². The molecule has 0 radical (unpaired) electrons. The quantitative estimate of drug-likeness (QED) is 0.665. The van der Waals surface area contributed by atoms with Crippen molar-refractivity contribution in [3.05, 3.63) is 5.89 Å². The Morgan fingerprint density at radius 3 is 2.87 bits per heavy atom. The van der Waals surface area contributed by atoms with Crippen LogP contribution in [0.25, 0.3) is 0 Å². The monoisotopic (exact) mass is 233 g/mol. The van der Waals surface area contributed by atoms with Crippen LogP contribution in [0.15, 0.2) is 4.42 Å². The van der Waals surface area contributed by atoms with E-state index in [-0.39, 0.29) is 0 Å². The minimum absolute atomic E-state index is 0.492. The molecule has 0 atom stereocenters. The summed E-state index contributed by atoms with van der Waals surface area (Å²) in [6, 6.07) is 0.537. The van der Waals surface area contributed by atoms with Gasteiger partial charge in [-0.2, -0.15) is 0 Å². The number of aromatic nitrogens is 2. The molecule has 0 amide bonds. The van der Waals surface area contributed by atoms with Crippen LogP contribution in [0, 0.1) is 0 Å². The van der Waals surface area contributed by atoms with E-state index in [2.05, 4.69) is 10.2 Å². The summed E-state index contributed by atoms with van der Waals surface area (Å²) in [4.78, 5) is 1.97. The lowest BCUT2D eigenvalue weighted by Gasteiger charge is -2.16. The zero-order chi connectivity index (χ0) is 11.1. The van der Waals surface area contributed by atoms with Crippen molar-refractivity contribution >= 4 is 17.6 Å². The molecule has 1 heterocycles. The molecular weight excluding hydrogens is 218 g/mol. The van der Waals surface area contributed by atoms with Crippen molar-refractivity contribution in [1.82, 2.24) is 10.2 Å². The number of hydrogen-bond donors (Lipinski definition) is 0. The van der Waals surface area contributed by atoms with Gasteiger partial charge in [0.1, 0.15) is 0 Å². The lowest BCUT2D eigenvalue weighted by Crippen LogP contribution is -2.27. The molecular formula is C9H16ClN3O2. The minimum Gasteiger partial charge on any atom is -0.408 e. The molecule has 0 N–H and O–H groups in total. The summed E-state index contributed by atoms with van der Waals surface area (Å²) in [6.07, 6.45) is 0.608. The van der Waals surface area contributed by atoms with Crippen LogP contribution in [0.4, 0.5) is 6.01 Å². The Hall–Kier alpha value is -0.810. The van der Waals surface area contributed by atoms with Gasteiger partial charge >= 0.3 is 6.01 Å². The number of rotatable bonds is 7. The molecule has 6 heteroatoms. The third-order valence-electron chi connectivity index (χ3n) is 1.98. The fourth-order valence-electron chi connectivity index (χ4n) is 1.14. The number of anilines is 1. The summed E-state index contributed by atoms with van der Waals surface area (Å²) in [7, 11) is 1.67. The zero-order valence-electron chi connectivity index (χ0n) is 9.07. The van der Waals surface area contributed by atoms with E-state index in [4.69, 9.17) is 20.8 Å². The molecule has 0 aliphatic carbocycles. The molecule has 86 valence electrons. The molecule has 1 rings (SSSR count). The van der Waals surface area contributed by atoms with E-state index in [1.54, 1.807) is 7.11 Å². The zero-order valence-corrected chi connectivity index (χ0v) is 9.83. The first-order valence-corrected chi connectivity index (χ1v) is 5.47. The van der Waals surface area contributed by atoms with E-state index in [1.165, 1.54) is 0 Å². The van der Waals surface area contributed by atoms with E-state index in [0.717, 1.165) is 13.1 Å². The van der Waals surface area contributed by atoms with Gasteiger partial charge in [0.05, 0.1) is 6.61 Å². The van der Waals surface area contributed by atoms with Crippen molar-refractivity contribution in [2.45, 2.75) is 13.3 Å². The molecule has 0 aliphatic heterocycles. The number of methoxy groups -OCH3 is 1. The Labute approximate surface area is 94.4 Å². The number of nitrogens with zero attached hydrogens (tertiary/aromatic N) is 3. The number of aryl methyl sites for hydroxylation is 1. The number of hydrogen-bond acceptors (Lipinski definition) is 5. The third-order valence-corrected chi connectivity index (χ3v) is 2.17. The first-order chi connectivity index (χ1) is 7.31. The maximum Gasteiger partial charge on any atom is 0.318 e. The highest BCUT2D eigenvalue weighted by atomic mass is 35.5. The first kappa shape index (κ1) is 12.3. The molecule has 0 aromatic carbocycles. The van der Waals surface area contributed by atoms with Crippen LogP contribution in [0.1, 0.15) is 12.8 Å². The number of halogens is 1. The molecule has 0 saturated heterocycles. The predicted octanol–water partition coefficient (Wildman–Crippen LogP) is 1.32. The largest absolute Gasteiger partial charge is 0.408 e. The highest BCUT2D eigenvalue weighted by Gasteiger charge is 2.11. The molecule has 1 aromatic heterocycles. The lowest BCUT2D eigenvalue weighted by molar-refractivity contribution is 0.204. The molecule has 0 bridgehead atoms. The smallest absolute Gasteiger partial charge is 0.318 e. The van der Waals surface area contributed by atoms with Gasteiger partial charge in [0.2, 0.25) is 5.89 Å². The highest BCUT2D eigenvalue weighted by Crippen LogP contribution is 2.12. The SMILES string of the molecule is CCN(CCOC)c1nnc(CCCl)o1. The van der Waals surface area contributed by atoms with Crippen molar-refractivity contribution in [1.29, 1.82) is 0 Å². The van der Waals surface area contributed by atoms with Crippen LogP contribution in [0.3, 0.4) is 0 Å².